The maximum atomic E-state index is 16.1. The summed E-state index contributed by atoms with van der Waals surface area (Å²) >= 11 is 0. The molecule has 1 N–H and O–H groups in total. The second-order valence-electron chi connectivity index (χ2n) is 9.94. The highest BCUT2D eigenvalue weighted by Gasteiger charge is 2.47. The third kappa shape index (κ3) is 16.9. The van der Waals surface area contributed by atoms with E-state index in [0.29, 0.717) is 19.3 Å². The van der Waals surface area contributed by atoms with Crippen LogP contribution in [0.25, 0.3) is 0 Å². The summed E-state index contributed by atoms with van der Waals surface area (Å²) in [6.07, 6.45) is 17.3. The zero-order valence-corrected chi connectivity index (χ0v) is 25.6. The normalized spacial score (nSPS) is 14.0. The lowest BCUT2D eigenvalue weighted by molar-refractivity contribution is -0.815. The SMILES string of the molecule is CCCCCCCC[N+](CCCCCCCC)(CCCCCCCC)P(=N)(F)N=P(F)(F)N=[P+](F)F. The molecular weight excluding hydrogens is 532 g/mol. The molecule has 0 aliphatic rings. The van der Waals surface area contributed by atoms with Gasteiger partial charge in [-0.3, -0.25) is 4.25 Å². The number of rotatable bonds is 24. The predicted octanol–water partition coefficient (Wildman–Crippen LogP) is 13.7. The number of halogens is 5. The standard InChI is InChI=1S/C24H52F5N4P3/c1-4-7-10-13-16-19-22-33(23-20-17-14-11-8-5-2,24-21-18-15-12-9-6-3)36(29,30)32-35(27,28)31-34(25)26/h30H,4-24H2,1-3H3/q+2. The second-order valence-corrected chi connectivity index (χ2v) is 14.6. The highest BCUT2D eigenvalue weighted by molar-refractivity contribution is 7.67. The van der Waals surface area contributed by atoms with E-state index in [1.807, 2.05) is 0 Å². The fraction of sp³-hybridized carbons (Fsp3) is 1.00. The molecule has 0 amide bonds. The fourth-order valence-electron chi connectivity index (χ4n) is 4.62. The van der Waals surface area contributed by atoms with Gasteiger partial charge in [-0.2, -0.15) is 0 Å². The number of unbranched alkanes of at least 4 members (excludes halogenated alkanes) is 15. The topological polar surface area (TPSA) is 48.6 Å². The van der Waals surface area contributed by atoms with Gasteiger partial charge in [0.25, 0.3) is 0 Å². The van der Waals surface area contributed by atoms with Gasteiger partial charge in [-0.05, 0) is 38.5 Å². The molecule has 4 nitrogen and oxygen atoms in total. The van der Waals surface area contributed by atoms with E-state index >= 15 is 4.20 Å². The Kier molecular flexibility index (Phi) is 21.1. The Bertz CT molecular complexity index is 644. The first-order chi connectivity index (χ1) is 17.1. The van der Waals surface area contributed by atoms with Gasteiger partial charge in [0.2, 0.25) is 0 Å². The fourth-order valence-corrected chi connectivity index (χ4v) is 8.77. The largest absolute Gasteiger partial charge is 0.668 e. The van der Waals surface area contributed by atoms with Crippen molar-refractivity contribution in [1.82, 2.24) is 0 Å². The van der Waals surface area contributed by atoms with Crippen molar-refractivity contribution >= 4 is 23.8 Å². The lowest BCUT2D eigenvalue weighted by Gasteiger charge is -2.40. The Morgan fingerprint density at radius 2 is 0.889 bits per heavy atom. The van der Waals surface area contributed by atoms with Gasteiger partial charge in [0.05, 0.1) is 32.5 Å². The van der Waals surface area contributed by atoms with E-state index in [9.17, 15) is 16.8 Å². The number of hydrogen-bond donors (Lipinski definition) is 1. The molecule has 0 aromatic carbocycles. The van der Waals surface area contributed by atoms with Crippen molar-refractivity contribution in [3.05, 3.63) is 0 Å². The zero-order valence-electron chi connectivity index (χ0n) is 22.9. The molecule has 1 atom stereocenters. The molecule has 36 heavy (non-hydrogen) atoms. The Hall–Kier alpha value is 0.170. The Balaban J connectivity index is 5.80. The molecule has 0 bridgehead atoms. The van der Waals surface area contributed by atoms with Gasteiger partial charge in [0, 0.05) is 0 Å². The van der Waals surface area contributed by atoms with Gasteiger partial charge >= 0.3 is 23.8 Å². The summed E-state index contributed by atoms with van der Waals surface area (Å²) in [6, 6.07) is 0. The van der Waals surface area contributed by atoms with Gasteiger partial charge in [-0.1, -0.05) is 97.8 Å². The molecule has 0 rings (SSSR count). The van der Waals surface area contributed by atoms with Gasteiger partial charge in [-0.25, -0.2) is 5.16 Å². The first kappa shape index (κ1) is 36.2. The summed E-state index contributed by atoms with van der Waals surface area (Å²) in [4.78, 5) is 0. The van der Waals surface area contributed by atoms with Crippen LogP contribution in [0.3, 0.4) is 0 Å². The van der Waals surface area contributed by atoms with Gasteiger partial charge in [0.1, 0.15) is 0 Å². The van der Waals surface area contributed by atoms with E-state index in [1.165, 1.54) is 0 Å². The predicted molar refractivity (Wildman–Crippen MR) is 149 cm³/mol. The zero-order chi connectivity index (χ0) is 27.3. The van der Waals surface area contributed by atoms with Gasteiger partial charge in [0.15, 0.2) is 0 Å². The van der Waals surface area contributed by atoms with E-state index in [2.05, 4.69) is 29.8 Å². The molecule has 0 saturated carbocycles. The molecule has 0 heterocycles. The summed E-state index contributed by atoms with van der Waals surface area (Å²) in [5, 5.41) is 8.47. The molecule has 0 radical (unpaired) electrons. The van der Waals surface area contributed by atoms with E-state index in [4.69, 9.17) is 5.16 Å². The molecule has 0 aliphatic carbocycles. The van der Waals surface area contributed by atoms with Crippen molar-refractivity contribution in [3.63, 3.8) is 0 Å². The van der Waals surface area contributed by atoms with E-state index in [0.717, 1.165) is 96.3 Å². The van der Waals surface area contributed by atoms with Crippen LogP contribution in [0, 0.1) is 5.16 Å². The number of hydrogen-bond acceptors (Lipinski definition) is 1. The molecular formula is C24H52F5N4P3+2. The van der Waals surface area contributed by atoms with E-state index in [1.54, 1.807) is 0 Å². The molecule has 0 saturated heterocycles. The van der Waals surface area contributed by atoms with Crippen molar-refractivity contribution in [1.29, 1.82) is 5.16 Å². The third-order valence-electron chi connectivity index (χ3n) is 6.75. The molecule has 0 aliphatic heterocycles. The average molecular weight is 585 g/mol. The van der Waals surface area contributed by atoms with Crippen LogP contribution < -0.4 is 0 Å². The van der Waals surface area contributed by atoms with Crippen LogP contribution in [0.1, 0.15) is 136 Å². The van der Waals surface area contributed by atoms with E-state index < -0.39 is 28.1 Å². The van der Waals surface area contributed by atoms with Crippen molar-refractivity contribution in [2.24, 2.45) is 9.03 Å². The molecule has 1 unspecified atom stereocenters. The minimum absolute atomic E-state index is 0.271. The van der Waals surface area contributed by atoms with Gasteiger partial charge < -0.3 is 0 Å². The highest BCUT2D eigenvalue weighted by atomic mass is 31.3. The second kappa shape index (κ2) is 21.0. The van der Waals surface area contributed by atoms with Gasteiger partial charge in [-0.15, -0.1) is 17.1 Å². The van der Waals surface area contributed by atoms with Crippen molar-refractivity contribution in [2.45, 2.75) is 136 Å². The minimum Gasteiger partial charge on any atom is -0.255 e. The summed E-state index contributed by atoms with van der Waals surface area (Å²) < 4.78 is 74.7. The summed E-state index contributed by atoms with van der Waals surface area (Å²) in [7, 11) is -15.0. The Morgan fingerprint density at radius 1 is 0.583 bits per heavy atom. The van der Waals surface area contributed by atoms with Crippen LogP contribution >= 0.6 is 23.8 Å². The molecule has 0 aromatic heterocycles. The van der Waals surface area contributed by atoms with Crippen molar-refractivity contribution in [2.75, 3.05) is 19.6 Å². The van der Waals surface area contributed by atoms with Crippen molar-refractivity contribution < 1.29 is 25.2 Å². The number of quaternary nitrogens is 1. The smallest absolute Gasteiger partial charge is 0.255 e. The number of nitrogens with zero attached hydrogens (tertiary/aromatic N) is 3. The number of nitrogens with one attached hydrogen (secondary N) is 1. The van der Waals surface area contributed by atoms with Crippen LogP contribution in [-0.4, -0.2) is 23.9 Å². The third-order valence-corrected chi connectivity index (χ3v) is 11.7. The first-order valence-electron chi connectivity index (χ1n) is 14.1. The Morgan fingerprint density at radius 3 is 1.19 bits per heavy atom. The summed E-state index contributed by atoms with van der Waals surface area (Å²) in [5.74, 6) is 0. The van der Waals surface area contributed by atoms with E-state index in [-0.39, 0.29) is 19.6 Å². The quantitative estimate of drug-likeness (QED) is 0.0667. The maximum Gasteiger partial charge on any atom is 0.668 e. The maximum absolute atomic E-state index is 16.1. The highest BCUT2D eigenvalue weighted by Crippen LogP contribution is 2.72. The van der Waals surface area contributed by atoms with Crippen LogP contribution in [0.4, 0.5) is 21.0 Å². The van der Waals surface area contributed by atoms with Crippen molar-refractivity contribution in [3.8, 4) is 0 Å². The summed E-state index contributed by atoms with van der Waals surface area (Å²) in [6.45, 7) is 7.19. The van der Waals surface area contributed by atoms with Crippen LogP contribution in [0.2, 0.25) is 0 Å². The Labute approximate surface area is 219 Å². The molecule has 0 aromatic rings. The van der Waals surface area contributed by atoms with Crippen LogP contribution in [0.5, 0.6) is 0 Å². The van der Waals surface area contributed by atoms with Crippen LogP contribution in [-0.2, 0) is 0 Å². The average Bonchev–Trinajstić information content (AvgIpc) is 2.78. The lowest BCUT2D eigenvalue weighted by Crippen LogP contribution is -2.45. The monoisotopic (exact) mass is 584 g/mol. The lowest BCUT2D eigenvalue weighted by atomic mass is 10.1. The molecule has 0 fully saturated rings. The molecule has 0 spiro atoms. The summed E-state index contributed by atoms with van der Waals surface area (Å²) in [5.41, 5.74) is 0. The molecule has 216 valence electrons. The minimum atomic E-state index is -5.88. The van der Waals surface area contributed by atoms with Crippen LogP contribution in [0.15, 0.2) is 9.03 Å². The molecule has 12 heteroatoms. The first-order valence-corrected chi connectivity index (χ1v) is 18.3.